The minimum atomic E-state index is -0.820. The van der Waals surface area contributed by atoms with Gasteiger partial charge in [0.15, 0.2) is 0 Å². The van der Waals surface area contributed by atoms with E-state index in [1.54, 1.807) is 10.9 Å². The van der Waals surface area contributed by atoms with Crippen molar-refractivity contribution in [1.29, 1.82) is 0 Å². The molecule has 1 heterocycles. The molecule has 1 rings (SSSR count). The zero-order valence-electron chi connectivity index (χ0n) is 10.3. The molecule has 0 aliphatic rings. The Balaban J connectivity index is 2.23. The lowest BCUT2D eigenvalue weighted by Gasteiger charge is -2.05. The van der Waals surface area contributed by atoms with E-state index in [4.69, 9.17) is 9.84 Å². The van der Waals surface area contributed by atoms with Gasteiger partial charge in [-0.2, -0.15) is 0 Å². The highest BCUT2D eigenvalue weighted by Gasteiger charge is 2.04. The van der Waals surface area contributed by atoms with Crippen molar-refractivity contribution in [2.45, 2.75) is 33.2 Å². The monoisotopic (exact) mass is 241 g/mol. The van der Waals surface area contributed by atoms with Crippen LogP contribution in [0.2, 0.25) is 0 Å². The predicted octanol–water partition coefficient (Wildman–Crippen LogP) is 0.968. The van der Waals surface area contributed by atoms with Crippen LogP contribution in [0.15, 0.2) is 6.20 Å². The fraction of sp³-hybridized carbons (Fsp3) is 0.727. The number of carboxylic acid groups (broad SMARTS) is 1. The number of aryl methyl sites for hydroxylation is 1. The smallest absolute Gasteiger partial charge is 0.303 e. The van der Waals surface area contributed by atoms with Crippen molar-refractivity contribution in [2.24, 2.45) is 5.92 Å². The lowest BCUT2D eigenvalue weighted by Crippen LogP contribution is -2.09. The van der Waals surface area contributed by atoms with Crippen LogP contribution in [0.3, 0.4) is 0 Å². The Kier molecular flexibility index (Phi) is 5.62. The van der Waals surface area contributed by atoms with Crippen LogP contribution in [0.5, 0.6) is 0 Å². The Labute approximate surface area is 101 Å². The maximum atomic E-state index is 10.4. The van der Waals surface area contributed by atoms with Crippen molar-refractivity contribution in [3.8, 4) is 0 Å². The van der Waals surface area contributed by atoms with Gasteiger partial charge in [0.25, 0.3) is 0 Å². The summed E-state index contributed by atoms with van der Waals surface area (Å²) in [6, 6.07) is 0. The average molecular weight is 241 g/mol. The lowest BCUT2D eigenvalue weighted by molar-refractivity contribution is -0.136. The van der Waals surface area contributed by atoms with Crippen LogP contribution in [-0.2, 0) is 22.5 Å². The number of hydrogen-bond acceptors (Lipinski definition) is 4. The Morgan fingerprint density at radius 2 is 2.35 bits per heavy atom. The molecule has 0 amide bonds. The van der Waals surface area contributed by atoms with Crippen LogP contribution in [0.1, 0.15) is 26.0 Å². The Morgan fingerprint density at radius 1 is 1.59 bits per heavy atom. The molecule has 1 aromatic heterocycles. The van der Waals surface area contributed by atoms with Crippen molar-refractivity contribution in [2.75, 3.05) is 13.2 Å². The van der Waals surface area contributed by atoms with E-state index < -0.39 is 5.97 Å². The van der Waals surface area contributed by atoms with E-state index in [-0.39, 0.29) is 6.42 Å². The van der Waals surface area contributed by atoms with E-state index in [1.807, 2.05) is 0 Å². The second-order valence-corrected chi connectivity index (χ2v) is 4.34. The molecule has 6 heteroatoms. The van der Waals surface area contributed by atoms with Crippen LogP contribution in [0.25, 0.3) is 0 Å². The second-order valence-electron chi connectivity index (χ2n) is 4.34. The molecule has 0 fully saturated rings. The summed E-state index contributed by atoms with van der Waals surface area (Å²) in [5.74, 6) is -0.295. The molecule has 0 bridgehead atoms. The number of hydrogen-bond donors (Lipinski definition) is 1. The van der Waals surface area contributed by atoms with Gasteiger partial charge in [-0.25, -0.2) is 4.68 Å². The number of ether oxygens (including phenoxy) is 1. The maximum absolute atomic E-state index is 10.4. The first kappa shape index (κ1) is 13.6. The molecule has 0 saturated carbocycles. The van der Waals surface area contributed by atoms with Crippen molar-refractivity contribution >= 4 is 5.97 Å². The molecule has 0 aliphatic carbocycles. The van der Waals surface area contributed by atoms with Crippen molar-refractivity contribution in [1.82, 2.24) is 15.0 Å². The molecular formula is C11H19N3O3. The van der Waals surface area contributed by atoms with Crippen LogP contribution in [0, 0.1) is 5.92 Å². The first-order valence-corrected chi connectivity index (χ1v) is 5.76. The zero-order valence-corrected chi connectivity index (χ0v) is 10.3. The second kappa shape index (κ2) is 7.01. The summed E-state index contributed by atoms with van der Waals surface area (Å²) in [6.07, 6.45) is 2.27. The van der Waals surface area contributed by atoms with Crippen LogP contribution in [-0.4, -0.2) is 39.3 Å². The third-order valence-electron chi connectivity index (χ3n) is 2.10. The Hall–Kier alpha value is -1.43. The quantitative estimate of drug-likeness (QED) is 0.686. The van der Waals surface area contributed by atoms with E-state index in [2.05, 4.69) is 24.2 Å². The first-order chi connectivity index (χ1) is 8.08. The van der Waals surface area contributed by atoms with E-state index in [9.17, 15) is 4.79 Å². The fourth-order valence-corrected chi connectivity index (χ4v) is 1.27. The van der Waals surface area contributed by atoms with Gasteiger partial charge in [0.2, 0.25) is 0 Å². The summed E-state index contributed by atoms with van der Waals surface area (Å²) in [4.78, 5) is 10.4. The molecule has 0 spiro atoms. The van der Waals surface area contributed by atoms with Gasteiger partial charge in [-0.15, -0.1) is 5.10 Å². The minimum absolute atomic E-state index is 0.0859. The van der Waals surface area contributed by atoms with Crippen LogP contribution in [0.4, 0.5) is 0 Å². The van der Waals surface area contributed by atoms with Gasteiger partial charge in [0.1, 0.15) is 0 Å². The summed E-state index contributed by atoms with van der Waals surface area (Å²) >= 11 is 0. The molecule has 0 atom stereocenters. The van der Waals surface area contributed by atoms with Gasteiger partial charge in [-0.05, 0) is 5.92 Å². The van der Waals surface area contributed by atoms with Gasteiger partial charge >= 0.3 is 5.97 Å². The summed E-state index contributed by atoms with van der Waals surface area (Å²) in [7, 11) is 0. The summed E-state index contributed by atoms with van der Waals surface area (Å²) in [5, 5.41) is 16.3. The molecule has 0 saturated heterocycles. The highest BCUT2D eigenvalue weighted by Crippen LogP contribution is 1.99. The molecule has 17 heavy (non-hydrogen) atoms. The predicted molar refractivity (Wildman–Crippen MR) is 61.6 cm³/mol. The van der Waals surface area contributed by atoms with E-state index in [0.717, 1.165) is 6.61 Å². The number of aromatic nitrogens is 3. The largest absolute Gasteiger partial charge is 0.481 e. The Bertz CT molecular complexity index is 349. The standard InChI is InChI=1S/C11H19N3O3/c1-9(2)8-17-6-5-14-7-10(12-13-14)3-4-11(15)16/h7,9H,3-6,8H2,1-2H3,(H,15,16). The average Bonchev–Trinajstić information content (AvgIpc) is 2.69. The van der Waals surface area contributed by atoms with Crippen LogP contribution >= 0.6 is 0 Å². The van der Waals surface area contributed by atoms with E-state index in [1.165, 1.54) is 0 Å². The van der Waals surface area contributed by atoms with Gasteiger partial charge in [0.05, 0.1) is 25.3 Å². The molecule has 0 radical (unpaired) electrons. The van der Waals surface area contributed by atoms with Gasteiger partial charge in [-0.1, -0.05) is 19.1 Å². The molecule has 6 nitrogen and oxygen atoms in total. The number of nitrogens with zero attached hydrogens (tertiary/aromatic N) is 3. The SMILES string of the molecule is CC(C)COCCn1cc(CCC(=O)O)nn1. The number of carbonyl (C=O) groups is 1. The van der Waals surface area contributed by atoms with Crippen molar-refractivity contribution in [3.63, 3.8) is 0 Å². The van der Waals surface area contributed by atoms with Crippen molar-refractivity contribution in [3.05, 3.63) is 11.9 Å². The molecule has 1 aromatic rings. The molecule has 0 aliphatic heterocycles. The summed E-state index contributed by atoms with van der Waals surface area (Å²) in [5.41, 5.74) is 0.705. The molecular weight excluding hydrogens is 222 g/mol. The summed E-state index contributed by atoms with van der Waals surface area (Å²) < 4.78 is 7.10. The van der Waals surface area contributed by atoms with E-state index in [0.29, 0.717) is 31.2 Å². The zero-order chi connectivity index (χ0) is 12.7. The van der Waals surface area contributed by atoms with Gasteiger partial charge in [0, 0.05) is 19.2 Å². The minimum Gasteiger partial charge on any atom is -0.481 e. The number of carboxylic acids is 1. The number of rotatable bonds is 8. The van der Waals surface area contributed by atoms with Crippen molar-refractivity contribution < 1.29 is 14.6 Å². The first-order valence-electron chi connectivity index (χ1n) is 5.76. The highest BCUT2D eigenvalue weighted by molar-refractivity contribution is 5.66. The Morgan fingerprint density at radius 3 is 3.00 bits per heavy atom. The van der Waals surface area contributed by atoms with Gasteiger partial charge < -0.3 is 9.84 Å². The third-order valence-corrected chi connectivity index (χ3v) is 2.10. The number of aliphatic carboxylic acids is 1. The third kappa shape index (κ3) is 6.01. The van der Waals surface area contributed by atoms with Gasteiger partial charge in [-0.3, -0.25) is 4.79 Å². The van der Waals surface area contributed by atoms with Crippen LogP contribution < -0.4 is 0 Å². The fourth-order valence-electron chi connectivity index (χ4n) is 1.27. The summed E-state index contributed by atoms with van der Waals surface area (Å²) in [6.45, 7) is 6.17. The highest BCUT2D eigenvalue weighted by atomic mass is 16.5. The molecule has 1 N–H and O–H groups in total. The molecule has 96 valence electrons. The topological polar surface area (TPSA) is 77.2 Å². The lowest BCUT2D eigenvalue weighted by atomic mass is 10.2. The molecule has 0 aromatic carbocycles. The molecule has 0 unspecified atom stereocenters. The van der Waals surface area contributed by atoms with E-state index >= 15 is 0 Å². The maximum Gasteiger partial charge on any atom is 0.303 e. The normalized spacial score (nSPS) is 11.0.